The Bertz CT molecular complexity index is 773. The average molecular weight is 405 g/mol. The zero-order valence-electron chi connectivity index (χ0n) is 16.7. The van der Waals surface area contributed by atoms with Gasteiger partial charge in [0.25, 0.3) is 0 Å². The van der Waals surface area contributed by atoms with Crippen molar-refractivity contribution in [2.24, 2.45) is 0 Å². The number of aromatic nitrogens is 2. The molecule has 6 nitrogen and oxygen atoms in total. The first kappa shape index (κ1) is 20.8. The van der Waals surface area contributed by atoms with E-state index in [2.05, 4.69) is 22.0 Å². The molecule has 0 N–H and O–H groups in total. The Morgan fingerprint density at radius 1 is 1.21 bits per heavy atom. The van der Waals surface area contributed by atoms with Gasteiger partial charge >= 0.3 is 0 Å². The Kier molecular flexibility index (Phi) is 7.45. The Morgan fingerprint density at radius 2 is 1.96 bits per heavy atom. The van der Waals surface area contributed by atoms with Gasteiger partial charge in [0.1, 0.15) is 0 Å². The van der Waals surface area contributed by atoms with Gasteiger partial charge < -0.3 is 9.32 Å². The van der Waals surface area contributed by atoms with E-state index in [4.69, 9.17) is 16.0 Å². The molecule has 1 aliphatic rings. The van der Waals surface area contributed by atoms with Crippen LogP contribution in [0.4, 0.5) is 0 Å². The molecule has 1 fully saturated rings. The van der Waals surface area contributed by atoms with E-state index in [-0.39, 0.29) is 5.91 Å². The molecule has 2 aromatic rings. The second-order valence-electron chi connectivity index (χ2n) is 7.49. The van der Waals surface area contributed by atoms with Crippen LogP contribution in [-0.4, -0.2) is 52.1 Å². The molecule has 0 radical (unpaired) electrons. The molecule has 0 spiro atoms. The van der Waals surface area contributed by atoms with E-state index in [1.165, 1.54) is 19.3 Å². The lowest BCUT2D eigenvalue weighted by Crippen LogP contribution is -2.44. The lowest BCUT2D eigenvalue weighted by molar-refractivity contribution is -0.134. The van der Waals surface area contributed by atoms with Crippen LogP contribution in [0.25, 0.3) is 11.5 Å². The van der Waals surface area contributed by atoms with E-state index >= 15 is 0 Å². The first-order chi connectivity index (χ1) is 13.6. The number of benzene rings is 1. The van der Waals surface area contributed by atoms with Crippen LogP contribution >= 0.6 is 11.6 Å². The second kappa shape index (κ2) is 10.0. The molecule has 1 amide bonds. The molecular weight excluding hydrogens is 376 g/mol. The van der Waals surface area contributed by atoms with Crippen molar-refractivity contribution in [3.05, 3.63) is 35.2 Å². The van der Waals surface area contributed by atoms with Crippen molar-refractivity contribution in [2.45, 2.75) is 58.0 Å². The fourth-order valence-electron chi connectivity index (χ4n) is 3.76. The van der Waals surface area contributed by atoms with Crippen LogP contribution in [0.5, 0.6) is 0 Å². The highest BCUT2D eigenvalue weighted by atomic mass is 35.5. The minimum absolute atomic E-state index is 0.159. The van der Waals surface area contributed by atoms with Gasteiger partial charge in [-0.1, -0.05) is 49.9 Å². The molecule has 152 valence electrons. The topological polar surface area (TPSA) is 62.5 Å². The van der Waals surface area contributed by atoms with Crippen LogP contribution in [0.15, 0.2) is 28.7 Å². The van der Waals surface area contributed by atoms with Crippen LogP contribution < -0.4 is 0 Å². The first-order valence-corrected chi connectivity index (χ1v) is 10.5. The van der Waals surface area contributed by atoms with Gasteiger partial charge in [-0.2, -0.15) is 0 Å². The van der Waals surface area contributed by atoms with Crippen molar-refractivity contribution in [2.75, 3.05) is 20.1 Å². The number of carbonyl (C=O) groups is 1. The molecule has 28 heavy (non-hydrogen) atoms. The fourth-order valence-corrected chi connectivity index (χ4v) is 3.97. The smallest absolute Gasteiger partial charge is 0.249 e. The summed E-state index contributed by atoms with van der Waals surface area (Å²) in [5.41, 5.74) is 0.720. The molecule has 0 unspecified atom stereocenters. The number of likely N-dealkylation sites (N-methyl/N-ethyl adjacent to an activating group) is 1. The summed E-state index contributed by atoms with van der Waals surface area (Å²) in [5, 5.41) is 8.86. The van der Waals surface area contributed by atoms with Crippen molar-refractivity contribution in [1.29, 1.82) is 0 Å². The molecular formula is C21H29ClN4O2. The Balaban J connectivity index is 1.63. The number of amides is 1. The van der Waals surface area contributed by atoms with Crippen LogP contribution in [0, 0.1) is 0 Å². The predicted molar refractivity (Wildman–Crippen MR) is 110 cm³/mol. The van der Waals surface area contributed by atoms with Crippen LogP contribution in [0.3, 0.4) is 0 Å². The van der Waals surface area contributed by atoms with Crippen molar-refractivity contribution in [3.8, 4) is 11.5 Å². The predicted octanol–water partition coefficient (Wildman–Crippen LogP) is 4.39. The third-order valence-electron chi connectivity index (χ3n) is 5.34. The van der Waals surface area contributed by atoms with Gasteiger partial charge in [-0.25, -0.2) is 0 Å². The molecule has 7 heteroatoms. The van der Waals surface area contributed by atoms with Crippen molar-refractivity contribution < 1.29 is 9.21 Å². The first-order valence-electron chi connectivity index (χ1n) is 10.1. The SMILES string of the molecule is CCCN(CC(=O)N(C)C1CCCCC1)Cc1nnc(-c2ccccc2Cl)o1. The largest absolute Gasteiger partial charge is 0.419 e. The molecule has 1 aromatic heterocycles. The van der Waals surface area contributed by atoms with E-state index in [9.17, 15) is 4.79 Å². The maximum Gasteiger partial charge on any atom is 0.249 e. The minimum atomic E-state index is 0.159. The lowest BCUT2D eigenvalue weighted by Gasteiger charge is -2.32. The Hall–Kier alpha value is -1.92. The third-order valence-corrected chi connectivity index (χ3v) is 5.67. The minimum Gasteiger partial charge on any atom is -0.419 e. The van der Waals surface area contributed by atoms with Gasteiger partial charge in [0, 0.05) is 13.1 Å². The zero-order chi connectivity index (χ0) is 19.9. The summed E-state index contributed by atoms with van der Waals surface area (Å²) in [6.07, 6.45) is 6.89. The maximum atomic E-state index is 12.8. The van der Waals surface area contributed by atoms with E-state index in [0.717, 1.165) is 31.4 Å². The third kappa shape index (κ3) is 5.32. The lowest BCUT2D eigenvalue weighted by atomic mass is 9.94. The van der Waals surface area contributed by atoms with Crippen molar-refractivity contribution in [3.63, 3.8) is 0 Å². The van der Waals surface area contributed by atoms with E-state index in [0.29, 0.717) is 35.9 Å². The summed E-state index contributed by atoms with van der Waals surface area (Å²) >= 11 is 6.21. The summed E-state index contributed by atoms with van der Waals surface area (Å²) in [7, 11) is 1.94. The van der Waals surface area contributed by atoms with Gasteiger partial charge in [-0.05, 0) is 37.9 Å². The monoisotopic (exact) mass is 404 g/mol. The second-order valence-corrected chi connectivity index (χ2v) is 7.90. The summed E-state index contributed by atoms with van der Waals surface area (Å²) < 4.78 is 5.81. The molecule has 0 atom stereocenters. The standard InChI is InChI=1S/C21H29ClN4O2/c1-3-13-26(15-20(27)25(2)16-9-5-4-6-10-16)14-19-23-24-21(28-19)17-11-7-8-12-18(17)22/h7-8,11-12,16H,3-6,9-10,13-15H2,1-2H3. The van der Waals surface area contributed by atoms with Crippen LogP contribution in [0.1, 0.15) is 51.3 Å². The molecule has 0 aliphatic heterocycles. The number of nitrogens with zero attached hydrogens (tertiary/aromatic N) is 4. The number of hydrogen-bond donors (Lipinski definition) is 0. The van der Waals surface area contributed by atoms with Crippen molar-refractivity contribution >= 4 is 17.5 Å². The quantitative estimate of drug-likeness (QED) is 0.652. The van der Waals surface area contributed by atoms with Crippen LogP contribution in [0.2, 0.25) is 5.02 Å². The summed E-state index contributed by atoms with van der Waals surface area (Å²) in [5.74, 6) is 1.06. The van der Waals surface area contributed by atoms with Crippen LogP contribution in [-0.2, 0) is 11.3 Å². The number of rotatable bonds is 8. The highest BCUT2D eigenvalue weighted by Crippen LogP contribution is 2.26. The van der Waals surface area contributed by atoms with E-state index in [1.54, 1.807) is 6.07 Å². The average Bonchev–Trinajstić information content (AvgIpc) is 3.16. The normalized spacial score (nSPS) is 15.1. The van der Waals surface area contributed by atoms with Crippen molar-refractivity contribution in [1.82, 2.24) is 20.0 Å². The fraction of sp³-hybridized carbons (Fsp3) is 0.571. The molecule has 0 bridgehead atoms. The number of carbonyl (C=O) groups excluding carboxylic acids is 1. The van der Waals surface area contributed by atoms with E-state index < -0.39 is 0 Å². The Morgan fingerprint density at radius 3 is 2.68 bits per heavy atom. The van der Waals surface area contributed by atoms with Gasteiger partial charge in [0.05, 0.1) is 23.7 Å². The molecule has 3 rings (SSSR count). The van der Waals surface area contributed by atoms with Gasteiger partial charge in [-0.15, -0.1) is 10.2 Å². The maximum absolute atomic E-state index is 12.8. The number of hydrogen-bond acceptors (Lipinski definition) is 5. The zero-order valence-corrected chi connectivity index (χ0v) is 17.5. The molecule has 1 saturated carbocycles. The van der Waals surface area contributed by atoms with Gasteiger partial charge in [0.2, 0.25) is 17.7 Å². The summed E-state index contributed by atoms with van der Waals surface area (Å²) in [6, 6.07) is 7.77. The molecule has 0 saturated heterocycles. The molecule has 1 heterocycles. The summed E-state index contributed by atoms with van der Waals surface area (Å²) in [4.78, 5) is 16.8. The highest BCUT2D eigenvalue weighted by Gasteiger charge is 2.24. The number of halogens is 1. The van der Waals surface area contributed by atoms with E-state index in [1.807, 2.05) is 30.1 Å². The Labute approximate surface area is 171 Å². The van der Waals surface area contributed by atoms with Gasteiger partial charge in [-0.3, -0.25) is 9.69 Å². The van der Waals surface area contributed by atoms with Gasteiger partial charge in [0.15, 0.2) is 0 Å². The summed E-state index contributed by atoms with van der Waals surface area (Å²) in [6.45, 7) is 3.72. The highest BCUT2D eigenvalue weighted by molar-refractivity contribution is 6.33. The molecule has 1 aromatic carbocycles. The molecule has 1 aliphatic carbocycles.